The second kappa shape index (κ2) is 18.8. The molecule has 0 atom stereocenters. The van der Waals surface area contributed by atoms with Crippen molar-refractivity contribution in [3.05, 3.63) is 237 Å². The number of piperidine rings is 1. The van der Waals surface area contributed by atoms with Crippen molar-refractivity contribution >= 4 is 49.4 Å². The van der Waals surface area contributed by atoms with Gasteiger partial charge in [-0.2, -0.15) is 0 Å². The molecule has 330 valence electrons. The molecule has 0 amide bonds. The Hall–Kier alpha value is -6.92. The quantitative estimate of drug-likeness (QED) is 0.168. The first-order valence-corrected chi connectivity index (χ1v) is 27.9. The van der Waals surface area contributed by atoms with Gasteiger partial charge in [0, 0.05) is 33.6 Å². The minimum Gasteiger partial charge on any atom is -0.355 e. The van der Waals surface area contributed by atoms with Crippen LogP contribution in [0.4, 0.5) is 22.7 Å². The molecule has 0 radical (unpaired) electrons. The van der Waals surface area contributed by atoms with E-state index in [1.807, 2.05) is 12.1 Å². The van der Waals surface area contributed by atoms with Crippen LogP contribution in [0.25, 0.3) is 44.5 Å². The predicted octanol–water partition coefficient (Wildman–Crippen LogP) is 14.5. The first kappa shape index (κ1) is 43.9. The van der Waals surface area contributed by atoms with E-state index in [-0.39, 0.29) is 0 Å². The molecule has 0 saturated carbocycles. The SMILES string of the molecule is CC1(C)CCCC(C)(C)N1.c1cc[c]([Ge]23[c]4ccccc4-c4ccccc4[N]2c2ccccc2-c2cccc[c]23)cc1.c1ccc(-c2ccccc2Nc2ccccc2-c2ccccc2)cc1. The Morgan fingerprint density at radius 2 is 0.716 bits per heavy atom. The largest absolute Gasteiger partial charge is 0.355 e. The van der Waals surface area contributed by atoms with Crippen molar-refractivity contribution in [1.29, 1.82) is 0 Å². The predicted molar refractivity (Wildman–Crippen MR) is 289 cm³/mol. The van der Waals surface area contributed by atoms with Gasteiger partial charge in [0.05, 0.1) is 0 Å². The van der Waals surface area contributed by atoms with Gasteiger partial charge in [-0.05, 0) is 70.2 Å². The molecule has 12 rings (SSSR count). The van der Waals surface area contributed by atoms with Crippen LogP contribution in [-0.2, 0) is 0 Å². The fraction of sp³-hybridized carbons (Fsp3) is 0.143. The molecule has 2 N–H and O–H groups in total. The van der Waals surface area contributed by atoms with Gasteiger partial charge in [-0.1, -0.05) is 97.1 Å². The van der Waals surface area contributed by atoms with Gasteiger partial charge in [-0.25, -0.2) is 0 Å². The van der Waals surface area contributed by atoms with Gasteiger partial charge >= 0.3 is 192 Å². The summed E-state index contributed by atoms with van der Waals surface area (Å²) in [6, 6.07) is 85.3. The number of anilines is 4. The van der Waals surface area contributed by atoms with Crippen LogP contribution in [0.3, 0.4) is 0 Å². The van der Waals surface area contributed by atoms with Gasteiger partial charge in [0.2, 0.25) is 0 Å². The Kier molecular flexibility index (Phi) is 12.3. The second-order valence-corrected chi connectivity index (χ2v) is 26.6. The third-order valence-electron chi connectivity index (χ3n) is 13.6. The third kappa shape index (κ3) is 8.66. The monoisotopic (exact) mass is 931 g/mol. The molecule has 0 aliphatic carbocycles. The van der Waals surface area contributed by atoms with Crippen LogP contribution in [0.5, 0.6) is 0 Å². The van der Waals surface area contributed by atoms with Crippen LogP contribution in [0.15, 0.2) is 237 Å². The summed E-state index contributed by atoms with van der Waals surface area (Å²) in [5, 5.41) is 7.27. The fourth-order valence-electron chi connectivity index (χ4n) is 10.9. The van der Waals surface area contributed by atoms with E-state index in [0.717, 1.165) is 11.4 Å². The number of nitrogens with zero attached hydrogens (tertiary/aromatic N) is 1. The molecule has 9 aromatic rings. The zero-order valence-corrected chi connectivity index (χ0v) is 41.2. The van der Waals surface area contributed by atoms with Crippen molar-refractivity contribution in [2.45, 2.75) is 58.0 Å². The van der Waals surface area contributed by atoms with Gasteiger partial charge < -0.3 is 10.6 Å². The van der Waals surface area contributed by atoms with E-state index >= 15 is 0 Å². The molecular weight excluding hydrogens is 871 g/mol. The first-order valence-electron chi connectivity index (χ1n) is 23.8. The standard InChI is InChI=1S/C30H21GeN.C24H19N.C9H19N/c1-2-12-22(13-3-1)31-27-18-8-4-14-23(27)25-16-6-10-20-29(25)32(31)30-21-11-7-17-26(30)24-15-5-9-19-28(24)31;1-3-11-19(12-4-1)21-15-7-9-17-23(21)25-24-18-10-8-16-22(24)20-13-5-2-6-14-20;1-8(2)6-5-7-9(3,4)10-8/h1-21H;1-18,25H;10H,5-7H2,1-4H3. The zero-order valence-electron chi connectivity index (χ0n) is 39.1. The summed E-state index contributed by atoms with van der Waals surface area (Å²) in [6.45, 7) is 9.14. The van der Waals surface area contributed by atoms with Gasteiger partial charge in [0.1, 0.15) is 0 Å². The van der Waals surface area contributed by atoms with E-state index in [4.69, 9.17) is 0 Å². The molecule has 9 aromatic carbocycles. The zero-order chi connectivity index (χ0) is 45.9. The summed E-state index contributed by atoms with van der Waals surface area (Å²) in [6.07, 6.45) is 4.00. The van der Waals surface area contributed by atoms with Gasteiger partial charge in [-0.15, -0.1) is 0 Å². The van der Waals surface area contributed by atoms with Crippen LogP contribution in [0, 0.1) is 0 Å². The van der Waals surface area contributed by atoms with Crippen LogP contribution in [0.2, 0.25) is 0 Å². The fourth-order valence-corrected chi connectivity index (χ4v) is 22.1. The van der Waals surface area contributed by atoms with Crippen LogP contribution in [-0.4, -0.2) is 24.6 Å². The van der Waals surface area contributed by atoms with Crippen molar-refractivity contribution in [3.8, 4) is 44.5 Å². The Labute approximate surface area is 400 Å². The van der Waals surface area contributed by atoms with Crippen LogP contribution >= 0.6 is 0 Å². The molecule has 0 spiro atoms. The maximum absolute atomic E-state index is 3.64. The summed E-state index contributed by atoms with van der Waals surface area (Å²) in [7, 11) is 0. The van der Waals surface area contributed by atoms with Gasteiger partial charge in [-0.3, -0.25) is 0 Å². The van der Waals surface area contributed by atoms with Crippen molar-refractivity contribution in [2.75, 3.05) is 9.17 Å². The number of fused-ring (bicyclic) bond motifs is 11. The summed E-state index contributed by atoms with van der Waals surface area (Å²) in [4.78, 5) is 0. The second-order valence-electron chi connectivity index (χ2n) is 19.2. The molecule has 0 aromatic heterocycles. The van der Waals surface area contributed by atoms with Crippen molar-refractivity contribution < 1.29 is 0 Å². The van der Waals surface area contributed by atoms with E-state index in [2.05, 4.69) is 267 Å². The van der Waals surface area contributed by atoms with E-state index in [0.29, 0.717) is 11.1 Å². The Balaban J connectivity index is 0.000000133. The molecule has 0 bridgehead atoms. The Morgan fingerprint density at radius 3 is 1.13 bits per heavy atom. The molecule has 67 heavy (non-hydrogen) atoms. The molecule has 3 nitrogen and oxygen atoms in total. The number of hydrogen-bond donors (Lipinski definition) is 2. The number of benzene rings is 9. The van der Waals surface area contributed by atoms with E-state index in [1.165, 1.54) is 88.3 Å². The minimum atomic E-state index is -3.33. The normalized spacial score (nSPS) is 15.3. The smallest absolute Gasteiger partial charge is 0.0464 e. The van der Waals surface area contributed by atoms with Crippen molar-refractivity contribution in [2.24, 2.45) is 0 Å². The number of nitrogens with one attached hydrogen (secondary N) is 2. The number of para-hydroxylation sites is 4. The average Bonchev–Trinajstić information content (AvgIpc) is 3.37. The summed E-state index contributed by atoms with van der Waals surface area (Å²) in [5.41, 5.74) is 15.9. The molecule has 1 fully saturated rings. The maximum Gasteiger partial charge on any atom is 0.0464 e. The molecule has 3 heterocycles. The molecule has 4 heteroatoms. The van der Waals surface area contributed by atoms with E-state index in [1.54, 1.807) is 0 Å². The van der Waals surface area contributed by atoms with Crippen molar-refractivity contribution in [3.63, 3.8) is 0 Å². The summed E-state index contributed by atoms with van der Waals surface area (Å²) in [5.74, 6) is 0. The minimum absolute atomic E-state index is 0.363. The molecule has 1 saturated heterocycles. The van der Waals surface area contributed by atoms with Gasteiger partial charge in [0.25, 0.3) is 0 Å². The van der Waals surface area contributed by atoms with Crippen LogP contribution < -0.4 is 27.7 Å². The van der Waals surface area contributed by atoms with Crippen LogP contribution in [0.1, 0.15) is 47.0 Å². The number of hydrogen-bond acceptors (Lipinski definition) is 3. The Bertz CT molecular complexity index is 2940. The first-order chi connectivity index (χ1) is 32.7. The van der Waals surface area contributed by atoms with Gasteiger partial charge in [0.15, 0.2) is 0 Å². The average molecular weight is 931 g/mol. The van der Waals surface area contributed by atoms with E-state index < -0.39 is 13.5 Å². The third-order valence-corrected chi connectivity index (χ3v) is 23.6. The molecule has 0 unspecified atom stereocenters. The number of rotatable bonds is 5. The molecular formula is C63H59GeN3. The van der Waals surface area contributed by atoms with Crippen molar-refractivity contribution in [1.82, 2.24) is 5.32 Å². The molecule has 3 aliphatic heterocycles. The summed E-state index contributed by atoms with van der Waals surface area (Å²) < 4.78 is 7.26. The molecule has 3 aliphatic rings. The summed E-state index contributed by atoms with van der Waals surface area (Å²) >= 11 is -3.33. The Morgan fingerprint density at radius 1 is 0.373 bits per heavy atom. The maximum atomic E-state index is 3.64. The van der Waals surface area contributed by atoms with E-state index in [9.17, 15) is 0 Å². The topological polar surface area (TPSA) is 27.3 Å².